The lowest BCUT2D eigenvalue weighted by Crippen LogP contribution is -2.47. The van der Waals surface area contributed by atoms with Crippen molar-refractivity contribution >= 4 is 16.0 Å². The molecule has 0 aliphatic carbocycles. The first-order valence-corrected chi connectivity index (χ1v) is 8.43. The van der Waals surface area contributed by atoms with E-state index in [1.54, 1.807) is 6.92 Å². The van der Waals surface area contributed by atoms with E-state index in [4.69, 9.17) is 14.9 Å². The predicted octanol–water partition coefficient (Wildman–Crippen LogP) is 0.958. The number of piperidine rings is 1. The summed E-state index contributed by atoms with van der Waals surface area (Å²) in [6, 6.07) is 2.37. The zero-order valence-corrected chi connectivity index (χ0v) is 12.8. The van der Waals surface area contributed by atoms with Gasteiger partial charge in [0, 0.05) is 19.1 Å². The number of esters is 1. The lowest BCUT2D eigenvalue weighted by Gasteiger charge is -2.32. The van der Waals surface area contributed by atoms with Crippen LogP contribution >= 0.6 is 0 Å². The van der Waals surface area contributed by atoms with E-state index >= 15 is 0 Å². The number of nitrogens with zero attached hydrogens (tertiary/aromatic N) is 1. The molecule has 21 heavy (non-hydrogen) atoms. The summed E-state index contributed by atoms with van der Waals surface area (Å²) < 4.78 is 36.5. The van der Waals surface area contributed by atoms with Crippen LogP contribution in [0.2, 0.25) is 0 Å². The van der Waals surface area contributed by atoms with Gasteiger partial charge in [-0.1, -0.05) is 6.42 Å². The van der Waals surface area contributed by atoms with Gasteiger partial charge in [-0.3, -0.25) is 0 Å². The molecule has 0 aromatic carbocycles. The summed E-state index contributed by atoms with van der Waals surface area (Å²) in [5, 5.41) is -0.245. The number of nitrogens with two attached hydrogens (primary N) is 1. The number of sulfonamides is 1. The molecule has 0 saturated carbocycles. The summed E-state index contributed by atoms with van der Waals surface area (Å²) in [6.45, 7) is 2.55. The molecule has 0 bridgehead atoms. The van der Waals surface area contributed by atoms with E-state index in [9.17, 15) is 13.2 Å². The van der Waals surface area contributed by atoms with Gasteiger partial charge >= 0.3 is 5.97 Å². The summed E-state index contributed by atoms with van der Waals surface area (Å²) >= 11 is 0. The van der Waals surface area contributed by atoms with E-state index in [0.29, 0.717) is 6.54 Å². The largest absolute Gasteiger partial charge is 0.460 e. The van der Waals surface area contributed by atoms with Crippen LogP contribution in [0.5, 0.6) is 0 Å². The zero-order valence-electron chi connectivity index (χ0n) is 11.9. The van der Waals surface area contributed by atoms with Crippen LogP contribution in [0.25, 0.3) is 0 Å². The van der Waals surface area contributed by atoms with Gasteiger partial charge in [-0.25, -0.2) is 13.2 Å². The van der Waals surface area contributed by atoms with Crippen molar-refractivity contribution in [2.45, 2.75) is 37.3 Å². The Balaban J connectivity index is 2.25. The van der Waals surface area contributed by atoms with Crippen LogP contribution in [0.4, 0.5) is 0 Å². The highest BCUT2D eigenvalue weighted by Crippen LogP contribution is 2.26. The van der Waals surface area contributed by atoms with Gasteiger partial charge < -0.3 is 14.9 Å². The third kappa shape index (κ3) is 3.28. The van der Waals surface area contributed by atoms with Crippen LogP contribution in [-0.4, -0.2) is 44.4 Å². The topological polar surface area (TPSA) is 103 Å². The molecule has 8 heteroatoms. The summed E-state index contributed by atoms with van der Waals surface area (Å²) in [7, 11) is -3.77. The van der Waals surface area contributed by atoms with E-state index in [0.717, 1.165) is 19.3 Å². The number of rotatable bonds is 5. The molecular formula is C13H20N2O5S. The second-order valence-electron chi connectivity index (χ2n) is 4.84. The Morgan fingerprint density at radius 2 is 2.24 bits per heavy atom. The molecule has 1 atom stereocenters. The highest BCUT2D eigenvalue weighted by molar-refractivity contribution is 7.89. The molecule has 2 N–H and O–H groups in total. The molecule has 7 nitrogen and oxygen atoms in total. The van der Waals surface area contributed by atoms with Crippen molar-refractivity contribution < 1.29 is 22.4 Å². The van der Waals surface area contributed by atoms with Crippen molar-refractivity contribution in [1.29, 1.82) is 0 Å². The number of carbonyl (C=O) groups excluding carboxylic acids is 1. The maximum absolute atomic E-state index is 12.6. The Bertz CT molecular complexity index is 595. The summed E-state index contributed by atoms with van der Waals surface area (Å²) in [6.07, 6.45) is 2.49. The highest BCUT2D eigenvalue weighted by Gasteiger charge is 2.35. The molecule has 1 saturated heterocycles. The molecule has 1 aliphatic heterocycles. The third-order valence-corrected chi connectivity index (χ3v) is 5.29. The summed E-state index contributed by atoms with van der Waals surface area (Å²) in [4.78, 5) is 11.5. The second-order valence-corrected chi connectivity index (χ2v) is 6.66. The van der Waals surface area contributed by atoms with E-state index in [1.165, 1.54) is 16.4 Å². The van der Waals surface area contributed by atoms with Crippen molar-refractivity contribution in [1.82, 2.24) is 4.31 Å². The van der Waals surface area contributed by atoms with Crippen molar-refractivity contribution in [2.75, 3.05) is 19.7 Å². The van der Waals surface area contributed by atoms with Crippen LogP contribution < -0.4 is 5.73 Å². The van der Waals surface area contributed by atoms with Gasteiger partial charge in [0.15, 0.2) is 0 Å². The van der Waals surface area contributed by atoms with Gasteiger partial charge in [0.05, 0.1) is 6.61 Å². The summed E-state index contributed by atoms with van der Waals surface area (Å²) in [5.74, 6) is -0.787. The van der Waals surface area contributed by atoms with Crippen LogP contribution in [-0.2, 0) is 14.8 Å². The molecule has 1 aromatic rings. The first kappa shape index (κ1) is 16.0. The molecule has 1 fully saturated rings. The van der Waals surface area contributed by atoms with E-state index < -0.39 is 16.0 Å². The van der Waals surface area contributed by atoms with Gasteiger partial charge in [-0.15, -0.1) is 0 Å². The molecule has 0 spiro atoms. The maximum atomic E-state index is 12.6. The molecule has 1 aromatic heterocycles. The molecular weight excluding hydrogens is 296 g/mol. The average Bonchev–Trinajstić information content (AvgIpc) is 2.98. The fourth-order valence-electron chi connectivity index (χ4n) is 2.41. The maximum Gasteiger partial charge on any atom is 0.374 e. The van der Waals surface area contributed by atoms with Crippen molar-refractivity contribution in [3.63, 3.8) is 0 Å². The summed E-state index contributed by atoms with van der Waals surface area (Å²) in [5.41, 5.74) is 5.65. The lowest BCUT2D eigenvalue weighted by molar-refractivity contribution is 0.0483. The van der Waals surface area contributed by atoms with Crippen LogP contribution in [0.1, 0.15) is 36.7 Å². The molecule has 118 valence electrons. The molecule has 1 aliphatic rings. The number of ether oxygens (including phenoxy) is 1. The average molecular weight is 316 g/mol. The Kier molecular flexibility index (Phi) is 5.02. The second kappa shape index (κ2) is 6.59. The first-order chi connectivity index (χ1) is 10.0. The lowest BCUT2D eigenvalue weighted by atomic mass is 10.1. The number of hydrogen-bond acceptors (Lipinski definition) is 6. The number of furan rings is 1. The monoisotopic (exact) mass is 316 g/mol. The SMILES string of the molecule is CCOC(=O)c1ccc(S(=O)(=O)N2CCCCC2CN)o1. The minimum absolute atomic E-state index is 0.114. The number of carbonyl (C=O) groups is 1. The van der Waals surface area contributed by atoms with Gasteiger partial charge in [0.2, 0.25) is 10.9 Å². The molecule has 2 heterocycles. The molecule has 1 unspecified atom stereocenters. The fraction of sp³-hybridized carbons (Fsp3) is 0.615. The van der Waals surface area contributed by atoms with E-state index in [-0.39, 0.29) is 30.0 Å². The highest BCUT2D eigenvalue weighted by atomic mass is 32.2. The Morgan fingerprint density at radius 1 is 1.48 bits per heavy atom. The smallest absolute Gasteiger partial charge is 0.374 e. The van der Waals surface area contributed by atoms with Crippen molar-refractivity contribution in [3.8, 4) is 0 Å². The van der Waals surface area contributed by atoms with Crippen LogP contribution in [0.15, 0.2) is 21.6 Å². The molecule has 0 amide bonds. The van der Waals surface area contributed by atoms with Crippen LogP contribution in [0, 0.1) is 0 Å². The fourth-order valence-corrected chi connectivity index (χ4v) is 4.03. The van der Waals surface area contributed by atoms with Gasteiger partial charge in [-0.05, 0) is 31.9 Å². The minimum Gasteiger partial charge on any atom is -0.460 e. The standard InChI is InChI=1S/C13H20N2O5S/c1-2-19-13(16)11-6-7-12(20-11)21(17,18)15-8-4-3-5-10(15)9-14/h6-7,10H,2-5,8-9,14H2,1H3. The van der Waals surface area contributed by atoms with E-state index in [1.807, 2.05) is 0 Å². The Labute approximate surface area is 124 Å². The van der Waals surface area contributed by atoms with Gasteiger partial charge in [-0.2, -0.15) is 4.31 Å². The first-order valence-electron chi connectivity index (χ1n) is 6.99. The third-order valence-electron chi connectivity index (χ3n) is 3.47. The van der Waals surface area contributed by atoms with E-state index in [2.05, 4.69) is 0 Å². The van der Waals surface area contributed by atoms with Crippen molar-refractivity contribution in [3.05, 3.63) is 17.9 Å². The predicted molar refractivity (Wildman–Crippen MR) is 75.2 cm³/mol. The Morgan fingerprint density at radius 3 is 2.90 bits per heavy atom. The molecule has 0 radical (unpaired) electrons. The molecule has 2 rings (SSSR count). The van der Waals surface area contributed by atoms with Crippen molar-refractivity contribution in [2.24, 2.45) is 5.73 Å². The van der Waals surface area contributed by atoms with Gasteiger partial charge in [0.1, 0.15) is 0 Å². The quantitative estimate of drug-likeness (QED) is 0.812. The normalized spacial score (nSPS) is 20.4. The van der Waals surface area contributed by atoms with Crippen LogP contribution in [0.3, 0.4) is 0 Å². The Hall–Kier alpha value is -1.38. The minimum atomic E-state index is -3.77. The zero-order chi connectivity index (χ0) is 15.5. The number of hydrogen-bond donors (Lipinski definition) is 1. The van der Waals surface area contributed by atoms with Gasteiger partial charge in [0.25, 0.3) is 10.0 Å².